The molecule has 3 aliphatic rings. The number of hydrogen-bond donors (Lipinski definition) is 1. The minimum atomic E-state index is 0.317. The third-order valence-electron chi connectivity index (χ3n) is 4.94. The van der Waals surface area contributed by atoms with Gasteiger partial charge in [-0.3, -0.25) is 4.90 Å². The summed E-state index contributed by atoms with van der Waals surface area (Å²) in [6, 6.07) is 1.45. The highest BCUT2D eigenvalue weighted by Crippen LogP contribution is 2.38. The zero-order valence-electron chi connectivity index (χ0n) is 11.6. The highest BCUT2D eigenvalue weighted by Gasteiger charge is 2.41. The van der Waals surface area contributed by atoms with E-state index in [9.17, 15) is 5.11 Å². The van der Waals surface area contributed by atoms with Crippen LogP contribution in [-0.2, 0) is 4.74 Å². The van der Waals surface area contributed by atoms with E-state index in [4.69, 9.17) is 4.74 Å². The van der Waals surface area contributed by atoms with Crippen molar-refractivity contribution in [2.75, 3.05) is 19.8 Å². The van der Waals surface area contributed by atoms with Gasteiger partial charge in [0.25, 0.3) is 0 Å². The highest BCUT2D eigenvalue weighted by molar-refractivity contribution is 4.96. The van der Waals surface area contributed by atoms with Crippen molar-refractivity contribution in [1.82, 2.24) is 4.90 Å². The number of fused-ring (bicyclic) bond motifs is 2. The van der Waals surface area contributed by atoms with Crippen LogP contribution in [0.4, 0.5) is 0 Å². The van der Waals surface area contributed by atoms with Crippen molar-refractivity contribution in [3.05, 3.63) is 0 Å². The van der Waals surface area contributed by atoms with E-state index in [0.29, 0.717) is 18.6 Å². The largest absolute Gasteiger partial charge is 0.396 e. The minimum absolute atomic E-state index is 0.317. The van der Waals surface area contributed by atoms with E-state index in [2.05, 4.69) is 11.8 Å². The first kappa shape index (κ1) is 12.9. The van der Waals surface area contributed by atoms with Gasteiger partial charge in [-0.25, -0.2) is 0 Å². The van der Waals surface area contributed by atoms with E-state index in [1.54, 1.807) is 0 Å². The van der Waals surface area contributed by atoms with Gasteiger partial charge in [-0.15, -0.1) is 0 Å². The van der Waals surface area contributed by atoms with Gasteiger partial charge in [-0.1, -0.05) is 6.92 Å². The summed E-state index contributed by atoms with van der Waals surface area (Å²) in [6.07, 6.45) is 8.42. The Kier molecular flexibility index (Phi) is 3.92. The van der Waals surface area contributed by atoms with Crippen molar-refractivity contribution in [3.8, 4) is 0 Å². The van der Waals surface area contributed by atoms with Gasteiger partial charge >= 0.3 is 0 Å². The molecule has 2 bridgehead atoms. The lowest BCUT2D eigenvalue weighted by Crippen LogP contribution is -2.47. The Labute approximate surface area is 110 Å². The van der Waals surface area contributed by atoms with Gasteiger partial charge in [-0.2, -0.15) is 0 Å². The molecule has 18 heavy (non-hydrogen) atoms. The Morgan fingerprint density at radius 2 is 1.83 bits per heavy atom. The lowest BCUT2D eigenvalue weighted by molar-refractivity contribution is -0.0288. The molecular weight excluding hydrogens is 226 g/mol. The SMILES string of the molecule is C[C@@H](CO)CN1[C@@H]2CC[C@H]1C[C@H](OCC1CC1)C2. The fourth-order valence-corrected chi connectivity index (χ4v) is 3.63. The molecule has 3 heteroatoms. The molecule has 3 fully saturated rings. The number of nitrogens with zero attached hydrogens (tertiary/aromatic N) is 1. The predicted octanol–water partition coefficient (Wildman–Crippen LogP) is 2.04. The number of hydrogen-bond acceptors (Lipinski definition) is 3. The van der Waals surface area contributed by atoms with Crippen LogP contribution >= 0.6 is 0 Å². The van der Waals surface area contributed by atoms with Gasteiger partial charge in [0.1, 0.15) is 0 Å². The fourth-order valence-electron chi connectivity index (χ4n) is 3.63. The van der Waals surface area contributed by atoms with Crippen molar-refractivity contribution in [2.45, 2.75) is 63.6 Å². The monoisotopic (exact) mass is 253 g/mol. The first-order chi connectivity index (χ1) is 8.76. The van der Waals surface area contributed by atoms with Crippen molar-refractivity contribution in [3.63, 3.8) is 0 Å². The van der Waals surface area contributed by atoms with Crippen LogP contribution in [0, 0.1) is 11.8 Å². The van der Waals surface area contributed by atoms with E-state index in [1.807, 2.05) is 0 Å². The summed E-state index contributed by atoms with van der Waals surface area (Å²) < 4.78 is 6.09. The van der Waals surface area contributed by atoms with Gasteiger partial charge in [0.05, 0.1) is 6.10 Å². The minimum Gasteiger partial charge on any atom is -0.396 e. The van der Waals surface area contributed by atoms with Crippen LogP contribution < -0.4 is 0 Å². The predicted molar refractivity (Wildman–Crippen MR) is 71.5 cm³/mol. The Morgan fingerprint density at radius 1 is 1.17 bits per heavy atom. The molecule has 0 aromatic rings. The molecule has 1 saturated carbocycles. The summed E-state index contributed by atoms with van der Waals surface area (Å²) in [5, 5.41) is 9.21. The molecule has 0 unspecified atom stereocenters. The van der Waals surface area contributed by atoms with E-state index in [0.717, 1.165) is 31.2 Å². The van der Waals surface area contributed by atoms with Crippen LogP contribution in [0.15, 0.2) is 0 Å². The smallest absolute Gasteiger partial charge is 0.0605 e. The molecule has 2 saturated heterocycles. The molecule has 104 valence electrons. The maximum atomic E-state index is 9.21. The number of aliphatic hydroxyl groups excluding tert-OH is 1. The number of ether oxygens (including phenoxy) is 1. The quantitative estimate of drug-likeness (QED) is 0.786. The molecule has 3 rings (SSSR count). The Morgan fingerprint density at radius 3 is 2.39 bits per heavy atom. The molecule has 2 aliphatic heterocycles. The molecule has 3 nitrogen and oxygen atoms in total. The third kappa shape index (κ3) is 2.89. The Bertz CT molecular complexity index is 266. The van der Waals surface area contributed by atoms with E-state index in [1.165, 1.54) is 38.5 Å². The molecule has 0 aromatic heterocycles. The molecule has 4 atom stereocenters. The van der Waals surface area contributed by atoms with Crippen LogP contribution in [0.25, 0.3) is 0 Å². The average molecular weight is 253 g/mol. The molecule has 2 heterocycles. The molecule has 0 amide bonds. The fraction of sp³-hybridized carbons (Fsp3) is 1.00. The molecule has 0 spiro atoms. The second kappa shape index (κ2) is 5.48. The van der Waals surface area contributed by atoms with Crippen molar-refractivity contribution < 1.29 is 9.84 Å². The molecular formula is C15H27NO2. The summed E-state index contributed by atoms with van der Waals surface area (Å²) >= 11 is 0. The lowest BCUT2D eigenvalue weighted by Gasteiger charge is -2.40. The Hall–Kier alpha value is -0.120. The average Bonchev–Trinajstić information content (AvgIpc) is 3.16. The molecule has 1 N–H and O–H groups in total. The van der Waals surface area contributed by atoms with Gasteiger partial charge in [-0.05, 0) is 50.4 Å². The molecule has 0 aromatic carbocycles. The topological polar surface area (TPSA) is 32.7 Å². The summed E-state index contributed by atoms with van der Waals surface area (Å²) in [5.74, 6) is 1.30. The van der Waals surface area contributed by atoms with Crippen LogP contribution in [-0.4, -0.2) is 48.0 Å². The number of piperidine rings is 1. The van der Waals surface area contributed by atoms with Gasteiger partial charge in [0.15, 0.2) is 0 Å². The molecule has 1 aliphatic carbocycles. The zero-order valence-corrected chi connectivity index (χ0v) is 11.6. The molecule has 0 radical (unpaired) electrons. The first-order valence-electron chi connectivity index (χ1n) is 7.74. The van der Waals surface area contributed by atoms with E-state index < -0.39 is 0 Å². The van der Waals surface area contributed by atoms with Crippen LogP contribution in [0.1, 0.15) is 45.4 Å². The standard InChI is InChI=1S/C15H27NO2/c1-11(9-17)8-16-13-4-5-14(16)7-15(6-13)18-10-12-2-3-12/h11-15,17H,2-10H2,1H3/t11-,13-,14+,15-/m1/s1. The van der Waals surface area contributed by atoms with Gasteiger partial charge in [0, 0.05) is 31.8 Å². The van der Waals surface area contributed by atoms with E-state index >= 15 is 0 Å². The Balaban J connectivity index is 1.49. The van der Waals surface area contributed by atoms with E-state index in [-0.39, 0.29) is 0 Å². The maximum absolute atomic E-state index is 9.21. The first-order valence-corrected chi connectivity index (χ1v) is 7.74. The summed E-state index contributed by atoms with van der Waals surface area (Å²) in [7, 11) is 0. The third-order valence-corrected chi connectivity index (χ3v) is 4.94. The van der Waals surface area contributed by atoms with Crippen molar-refractivity contribution >= 4 is 0 Å². The normalized spacial score (nSPS) is 38.0. The highest BCUT2D eigenvalue weighted by atomic mass is 16.5. The maximum Gasteiger partial charge on any atom is 0.0605 e. The second-order valence-corrected chi connectivity index (χ2v) is 6.74. The summed E-state index contributed by atoms with van der Waals surface area (Å²) in [5.41, 5.74) is 0. The number of rotatable bonds is 6. The van der Waals surface area contributed by atoms with Gasteiger partial charge < -0.3 is 9.84 Å². The zero-order chi connectivity index (χ0) is 12.5. The van der Waals surface area contributed by atoms with Crippen molar-refractivity contribution in [2.24, 2.45) is 11.8 Å². The van der Waals surface area contributed by atoms with Crippen LogP contribution in [0.5, 0.6) is 0 Å². The van der Waals surface area contributed by atoms with Crippen LogP contribution in [0.3, 0.4) is 0 Å². The summed E-state index contributed by atoms with van der Waals surface area (Å²) in [6.45, 7) is 4.55. The van der Waals surface area contributed by atoms with Crippen LogP contribution in [0.2, 0.25) is 0 Å². The summed E-state index contributed by atoms with van der Waals surface area (Å²) in [4.78, 5) is 2.65. The van der Waals surface area contributed by atoms with Gasteiger partial charge in [0.2, 0.25) is 0 Å². The van der Waals surface area contributed by atoms with Crippen molar-refractivity contribution in [1.29, 1.82) is 0 Å². The second-order valence-electron chi connectivity index (χ2n) is 6.74. The lowest BCUT2D eigenvalue weighted by atomic mass is 9.98. The number of aliphatic hydroxyl groups is 1.